The zero-order valence-electron chi connectivity index (χ0n) is 18.1. The van der Waals surface area contributed by atoms with Gasteiger partial charge in [-0.3, -0.25) is 9.59 Å². The van der Waals surface area contributed by atoms with Gasteiger partial charge in [0.25, 0.3) is 5.91 Å². The predicted octanol–water partition coefficient (Wildman–Crippen LogP) is 3.30. The van der Waals surface area contributed by atoms with E-state index in [9.17, 15) is 18.0 Å². The number of hydrogen-bond acceptors (Lipinski definition) is 5. The molecule has 0 saturated carbocycles. The van der Waals surface area contributed by atoms with Gasteiger partial charge in [-0.2, -0.15) is 4.31 Å². The van der Waals surface area contributed by atoms with Crippen molar-refractivity contribution in [2.75, 3.05) is 13.1 Å². The molecule has 1 saturated heterocycles. The summed E-state index contributed by atoms with van der Waals surface area (Å²) in [5, 5.41) is 3.22. The van der Waals surface area contributed by atoms with Gasteiger partial charge in [-0.1, -0.05) is 41.4 Å². The van der Waals surface area contributed by atoms with Gasteiger partial charge < -0.3 is 10.1 Å². The molecule has 32 heavy (non-hydrogen) atoms. The summed E-state index contributed by atoms with van der Waals surface area (Å²) in [6, 6.07) is 13.8. The molecule has 1 heterocycles. The first-order valence-corrected chi connectivity index (χ1v) is 12.3. The van der Waals surface area contributed by atoms with Gasteiger partial charge in [0.05, 0.1) is 10.8 Å². The summed E-state index contributed by atoms with van der Waals surface area (Å²) < 4.78 is 32.2. The molecule has 2 aromatic carbocycles. The highest BCUT2D eigenvalue weighted by Crippen LogP contribution is 2.25. The van der Waals surface area contributed by atoms with Gasteiger partial charge in [-0.05, 0) is 56.5 Å². The molecule has 0 bridgehead atoms. The number of nitrogens with zero attached hydrogens (tertiary/aromatic N) is 1. The Morgan fingerprint density at radius 2 is 1.69 bits per heavy atom. The van der Waals surface area contributed by atoms with Gasteiger partial charge in [0.2, 0.25) is 10.0 Å². The van der Waals surface area contributed by atoms with Crippen molar-refractivity contribution < 1.29 is 22.7 Å². The summed E-state index contributed by atoms with van der Waals surface area (Å²) in [5.74, 6) is -1.30. The van der Waals surface area contributed by atoms with Crippen LogP contribution in [0.4, 0.5) is 0 Å². The Hall–Kier alpha value is -2.42. The van der Waals surface area contributed by atoms with Crippen LogP contribution < -0.4 is 5.32 Å². The number of hydrogen-bond donors (Lipinski definition) is 1. The number of aryl methyl sites for hydroxylation is 1. The van der Waals surface area contributed by atoms with Crippen molar-refractivity contribution in [3.63, 3.8) is 0 Å². The van der Waals surface area contributed by atoms with Crippen LogP contribution in [-0.2, 0) is 30.9 Å². The fourth-order valence-electron chi connectivity index (χ4n) is 3.45. The van der Waals surface area contributed by atoms with E-state index in [1.807, 2.05) is 31.2 Å². The number of carbonyl (C=O) groups excluding carboxylic acids is 2. The molecular formula is C23H27ClN2O5S. The molecule has 1 aliphatic heterocycles. The molecule has 1 unspecified atom stereocenters. The number of nitrogens with one attached hydrogen (secondary N) is 1. The minimum atomic E-state index is -3.64. The topological polar surface area (TPSA) is 92.8 Å². The van der Waals surface area contributed by atoms with Gasteiger partial charge in [0.15, 0.2) is 6.10 Å². The number of carbonyl (C=O) groups is 2. The molecule has 1 aliphatic rings. The third-order valence-electron chi connectivity index (χ3n) is 5.49. The maximum absolute atomic E-state index is 12.8. The second kappa shape index (κ2) is 10.5. The van der Waals surface area contributed by atoms with E-state index >= 15 is 0 Å². The molecule has 1 atom stereocenters. The SMILES string of the molecule is Cc1ccc(CNC(=O)C(C)OC(=O)C2CCN(S(=O)(=O)c3ccc(Cl)cc3)CC2)cc1. The third-order valence-corrected chi connectivity index (χ3v) is 7.65. The van der Waals surface area contributed by atoms with E-state index in [-0.39, 0.29) is 23.9 Å². The number of halogens is 1. The Morgan fingerprint density at radius 3 is 2.28 bits per heavy atom. The van der Waals surface area contributed by atoms with Crippen molar-refractivity contribution >= 4 is 33.5 Å². The maximum Gasteiger partial charge on any atom is 0.309 e. The largest absolute Gasteiger partial charge is 0.452 e. The summed E-state index contributed by atoms with van der Waals surface area (Å²) in [5.41, 5.74) is 2.09. The summed E-state index contributed by atoms with van der Waals surface area (Å²) in [6.45, 7) is 4.28. The van der Waals surface area contributed by atoms with Crippen LogP contribution in [0.3, 0.4) is 0 Å². The highest BCUT2D eigenvalue weighted by Gasteiger charge is 2.33. The van der Waals surface area contributed by atoms with E-state index in [1.54, 1.807) is 0 Å². The van der Waals surface area contributed by atoms with Crippen molar-refractivity contribution in [3.8, 4) is 0 Å². The lowest BCUT2D eigenvalue weighted by molar-refractivity contribution is -0.159. The number of amides is 1. The Kier molecular flexibility index (Phi) is 7.92. The monoisotopic (exact) mass is 478 g/mol. The second-order valence-electron chi connectivity index (χ2n) is 7.91. The predicted molar refractivity (Wildman–Crippen MR) is 122 cm³/mol. The molecule has 0 aliphatic carbocycles. The van der Waals surface area contributed by atoms with E-state index < -0.39 is 28.0 Å². The van der Waals surface area contributed by atoms with Gasteiger partial charge in [0, 0.05) is 24.7 Å². The van der Waals surface area contributed by atoms with Gasteiger partial charge in [0.1, 0.15) is 0 Å². The zero-order chi connectivity index (χ0) is 23.3. The molecule has 1 N–H and O–H groups in total. The van der Waals surface area contributed by atoms with E-state index in [0.29, 0.717) is 24.4 Å². The standard InChI is InChI=1S/C23H27ClN2O5S/c1-16-3-5-18(6-4-16)15-25-22(27)17(2)31-23(28)19-11-13-26(14-12-19)32(29,30)21-9-7-20(24)8-10-21/h3-10,17,19H,11-15H2,1-2H3,(H,25,27). The van der Waals surface area contributed by atoms with Crippen molar-refractivity contribution in [2.45, 2.75) is 44.2 Å². The molecule has 3 rings (SSSR count). The molecule has 7 nitrogen and oxygen atoms in total. The molecule has 2 aromatic rings. The summed E-state index contributed by atoms with van der Waals surface area (Å²) in [6.07, 6.45) is -0.254. The quantitative estimate of drug-likeness (QED) is 0.616. The van der Waals surface area contributed by atoms with Gasteiger partial charge in [-0.25, -0.2) is 8.42 Å². The fraction of sp³-hybridized carbons (Fsp3) is 0.391. The molecule has 0 radical (unpaired) electrons. The smallest absolute Gasteiger partial charge is 0.309 e. The number of sulfonamides is 1. The number of ether oxygens (including phenoxy) is 1. The average molecular weight is 479 g/mol. The lowest BCUT2D eigenvalue weighted by Crippen LogP contribution is -2.42. The van der Waals surface area contributed by atoms with Crippen molar-refractivity contribution in [1.82, 2.24) is 9.62 Å². The molecule has 1 amide bonds. The first-order valence-electron chi connectivity index (χ1n) is 10.5. The normalized spacial score (nSPS) is 16.3. The third kappa shape index (κ3) is 6.09. The first-order chi connectivity index (χ1) is 15.2. The van der Waals surface area contributed by atoms with E-state index in [0.717, 1.165) is 11.1 Å². The summed E-state index contributed by atoms with van der Waals surface area (Å²) in [4.78, 5) is 25.0. The second-order valence-corrected chi connectivity index (χ2v) is 10.3. The minimum Gasteiger partial charge on any atom is -0.452 e. The Labute approximate surface area is 193 Å². The molecule has 172 valence electrons. The maximum atomic E-state index is 12.8. The molecule has 0 spiro atoms. The van der Waals surface area contributed by atoms with Crippen molar-refractivity contribution in [1.29, 1.82) is 0 Å². The van der Waals surface area contributed by atoms with Crippen molar-refractivity contribution in [2.24, 2.45) is 5.92 Å². The van der Waals surface area contributed by atoms with Gasteiger partial charge in [-0.15, -0.1) is 0 Å². The summed E-state index contributed by atoms with van der Waals surface area (Å²) >= 11 is 5.83. The first kappa shape index (κ1) is 24.2. The van der Waals surface area contributed by atoms with Crippen LogP contribution in [0.25, 0.3) is 0 Å². The van der Waals surface area contributed by atoms with Gasteiger partial charge >= 0.3 is 5.97 Å². The average Bonchev–Trinajstić information content (AvgIpc) is 2.78. The van der Waals surface area contributed by atoms with Crippen LogP contribution in [0, 0.1) is 12.8 Å². The van der Waals surface area contributed by atoms with Crippen LogP contribution in [0.15, 0.2) is 53.4 Å². The van der Waals surface area contributed by atoms with E-state index in [2.05, 4.69) is 5.32 Å². The number of esters is 1. The number of rotatable bonds is 7. The Morgan fingerprint density at radius 1 is 1.09 bits per heavy atom. The van der Waals surface area contributed by atoms with Crippen LogP contribution >= 0.6 is 11.6 Å². The zero-order valence-corrected chi connectivity index (χ0v) is 19.7. The highest BCUT2D eigenvalue weighted by atomic mass is 35.5. The van der Waals surface area contributed by atoms with Crippen molar-refractivity contribution in [3.05, 3.63) is 64.7 Å². The Balaban J connectivity index is 1.47. The minimum absolute atomic E-state index is 0.168. The van der Waals surface area contributed by atoms with Crippen LogP contribution in [-0.4, -0.2) is 43.8 Å². The van der Waals surface area contributed by atoms with Crippen LogP contribution in [0.1, 0.15) is 30.9 Å². The number of piperidine rings is 1. The molecule has 0 aromatic heterocycles. The molecule has 1 fully saturated rings. The number of benzene rings is 2. The highest BCUT2D eigenvalue weighted by molar-refractivity contribution is 7.89. The lowest BCUT2D eigenvalue weighted by Gasteiger charge is -2.30. The van der Waals surface area contributed by atoms with Crippen LogP contribution in [0.5, 0.6) is 0 Å². The fourth-order valence-corrected chi connectivity index (χ4v) is 5.05. The Bertz CT molecular complexity index is 1050. The van der Waals surface area contributed by atoms with E-state index in [4.69, 9.17) is 16.3 Å². The molecule has 9 heteroatoms. The lowest BCUT2D eigenvalue weighted by atomic mass is 9.98. The summed E-state index contributed by atoms with van der Waals surface area (Å²) in [7, 11) is -3.64. The molecular weight excluding hydrogens is 452 g/mol. The van der Waals surface area contributed by atoms with Crippen LogP contribution in [0.2, 0.25) is 5.02 Å². The van der Waals surface area contributed by atoms with E-state index in [1.165, 1.54) is 35.5 Å².